The Labute approximate surface area is 159 Å². The highest BCUT2D eigenvalue weighted by molar-refractivity contribution is 6.31. The Morgan fingerprint density at radius 1 is 1.23 bits per heavy atom. The van der Waals surface area contributed by atoms with E-state index in [9.17, 15) is 4.79 Å². The van der Waals surface area contributed by atoms with Crippen LogP contribution in [0.2, 0.25) is 5.02 Å². The molecule has 1 aliphatic rings. The van der Waals surface area contributed by atoms with E-state index in [1.54, 1.807) is 6.20 Å². The summed E-state index contributed by atoms with van der Waals surface area (Å²) in [5.41, 5.74) is 2.06. The Bertz CT molecular complexity index is 774. The van der Waals surface area contributed by atoms with E-state index in [1.807, 2.05) is 31.2 Å². The largest absolute Gasteiger partial charge is 0.348 e. The molecule has 0 bridgehead atoms. The van der Waals surface area contributed by atoms with Crippen LogP contribution in [0.15, 0.2) is 30.5 Å². The van der Waals surface area contributed by atoms with E-state index in [0.717, 1.165) is 38.3 Å². The molecular weight excluding hydrogens is 350 g/mol. The summed E-state index contributed by atoms with van der Waals surface area (Å²) in [4.78, 5) is 26.0. The number of piperazine rings is 1. The SMILES string of the molecule is CCN1CCN(c2ncc(C(=O)NCc3ccccc3Cl)c(C)n2)CC1. The number of nitrogens with zero attached hydrogens (tertiary/aromatic N) is 4. The molecule has 0 radical (unpaired) electrons. The number of halogens is 1. The van der Waals surface area contributed by atoms with E-state index in [0.29, 0.717) is 28.8 Å². The maximum Gasteiger partial charge on any atom is 0.254 e. The first-order valence-corrected chi connectivity index (χ1v) is 9.29. The summed E-state index contributed by atoms with van der Waals surface area (Å²) in [6.07, 6.45) is 1.62. The van der Waals surface area contributed by atoms with E-state index in [-0.39, 0.29) is 5.91 Å². The number of hydrogen-bond acceptors (Lipinski definition) is 5. The number of aromatic nitrogens is 2. The predicted molar refractivity (Wildman–Crippen MR) is 104 cm³/mol. The number of aryl methyl sites for hydroxylation is 1. The lowest BCUT2D eigenvalue weighted by Crippen LogP contribution is -2.46. The van der Waals surface area contributed by atoms with Gasteiger partial charge in [0.05, 0.1) is 11.3 Å². The fourth-order valence-corrected chi connectivity index (χ4v) is 3.21. The lowest BCUT2D eigenvalue weighted by Gasteiger charge is -2.34. The minimum absolute atomic E-state index is 0.190. The Hall–Kier alpha value is -2.18. The van der Waals surface area contributed by atoms with Crippen LogP contribution in [0.4, 0.5) is 5.95 Å². The molecule has 3 rings (SSSR count). The van der Waals surface area contributed by atoms with Crippen molar-refractivity contribution < 1.29 is 4.79 Å². The molecule has 1 aliphatic heterocycles. The Morgan fingerprint density at radius 2 is 1.96 bits per heavy atom. The smallest absolute Gasteiger partial charge is 0.254 e. The average Bonchev–Trinajstić information content (AvgIpc) is 2.67. The topological polar surface area (TPSA) is 61.4 Å². The standard InChI is InChI=1S/C19H24ClN5O/c1-3-24-8-10-25(11-9-24)19-22-13-16(14(2)23-19)18(26)21-12-15-6-4-5-7-17(15)20/h4-7,13H,3,8-12H2,1-2H3,(H,21,26). The molecule has 1 fully saturated rings. The summed E-state index contributed by atoms with van der Waals surface area (Å²) in [7, 11) is 0. The van der Waals surface area contributed by atoms with Gasteiger partial charge in [0.25, 0.3) is 5.91 Å². The van der Waals surface area contributed by atoms with Gasteiger partial charge in [0.2, 0.25) is 5.95 Å². The maximum absolute atomic E-state index is 12.5. The Morgan fingerprint density at radius 3 is 2.62 bits per heavy atom. The zero-order valence-electron chi connectivity index (χ0n) is 15.2. The van der Waals surface area contributed by atoms with Gasteiger partial charge in [-0.2, -0.15) is 0 Å². The van der Waals surface area contributed by atoms with Crippen molar-refractivity contribution in [3.05, 3.63) is 52.3 Å². The molecule has 6 nitrogen and oxygen atoms in total. The Kier molecular flexibility index (Phi) is 6.06. The molecule has 1 N–H and O–H groups in total. The van der Waals surface area contributed by atoms with Gasteiger partial charge in [-0.15, -0.1) is 0 Å². The van der Waals surface area contributed by atoms with Gasteiger partial charge in [0.1, 0.15) is 0 Å². The number of rotatable bonds is 5. The molecule has 2 aromatic rings. The van der Waals surface area contributed by atoms with E-state index in [2.05, 4.69) is 32.0 Å². The van der Waals surface area contributed by atoms with Crippen LogP contribution >= 0.6 is 11.6 Å². The second kappa shape index (κ2) is 8.47. The number of nitrogens with one attached hydrogen (secondary N) is 1. The predicted octanol–water partition coefficient (Wildman–Crippen LogP) is 2.51. The number of carbonyl (C=O) groups is 1. The van der Waals surface area contributed by atoms with Crippen molar-refractivity contribution in [2.45, 2.75) is 20.4 Å². The molecule has 26 heavy (non-hydrogen) atoms. The van der Waals surface area contributed by atoms with E-state index in [1.165, 1.54) is 0 Å². The van der Waals surface area contributed by atoms with E-state index < -0.39 is 0 Å². The van der Waals surface area contributed by atoms with E-state index in [4.69, 9.17) is 11.6 Å². The molecule has 0 spiro atoms. The molecule has 2 heterocycles. The Balaban J connectivity index is 1.64. The maximum atomic E-state index is 12.5. The minimum Gasteiger partial charge on any atom is -0.348 e. The molecule has 1 aromatic heterocycles. The number of benzene rings is 1. The van der Waals surface area contributed by atoms with Crippen molar-refractivity contribution in [2.24, 2.45) is 0 Å². The highest BCUT2D eigenvalue weighted by Crippen LogP contribution is 2.16. The second-order valence-corrected chi connectivity index (χ2v) is 6.77. The van der Waals surface area contributed by atoms with Crippen molar-refractivity contribution in [3.8, 4) is 0 Å². The number of carbonyl (C=O) groups excluding carboxylic acids is 1. The molecule has 1 saturated heterocycles. The quantitative estimate of drug-likeness (QED) is 0.872. The zero-order valence-corrected chi connectivity index (χ0v) is 16.0. The first kappa shape index (κ1) is 18.6. The third kappa shape index (κ3) is 4.31. The van der Waals surface area contributed by atoms with Crippen LogP contribution in [0.5, 0.6) is 0 Å². The van der Waals surface area contributed by atoms with Crippen LogP contribution in [-0.2, 0) is 6.54 Å². The average molecular weight is 374 g/mol. The van der Waals surface area contributed by atoms with Gasteiger partial charge in [-0.25, -0.2) is 9.97 Å². The normalized spacial score (nSPS) is 15.1. The lowest BCUT2D eigenvalue weighted by atomic mass is 10.2. The van der Waals surface area contributed by atoms with Crippen LogP contribution in [0.25, 0.3) is 0 Å². The third-order valence-corrected chi connectivity index (χ3v) is 5.08. The van der Waals surface area contributed by atoms with Crippen LogP contribution in [-0.4, -0.2) is 53.5 Å². The van der Waals surface area contributed by atoms with Crippen LogP contribution in [0.1, 0.15) is 28.5 Å². The first-order valence-electron chi connectivity index (χ1n) is 8.91. The highest BCUT2D eigenvalue weighted by atomic mass is 35.5. The summed E-state index contributed by atoms with van der Waals surface area (Å²) in [6, 6.07) is 7.47. The molecule has 0 unspecified atom stereocenters. The molecule has 0 saturated carbocycles. The van der Waals surface area contributed by atoms with Crippen molar-refractivity contribution >= 4 is 23.5 Å². The van der Waals surface area contributed by atoms with Gasteiger partial charge in [0, 0.05) is 43.9 Å². The van der Waals surface area contributed by atoms with Crippen LogP contribution in [0, 0.1) is 6.92 Å². The van der Waals surface area contributed by atoms with Gasteiger partial charge < -0.3 is 15.1 Å². The summed E-state index contributed by atoms with van der Waals surface area (Å²) in [6.45, 7) is 9.30. The van der Waals surface area contributed by atoms with Crippen LogP contribution in [0.3, 0.4) is 0 Å². The number of anilines is 1. The second-order valence-electron chi connectivity index (χ2n) is 6.36. The summed E-state index contributed by atoms with van der Waals surface area (Å²) < 4.78 is 0. The lowest BCUT2D eigenvalue weighted by molar-refractivity contribution is 0.0949. The molecule has 138 valence electrons. The monoisotopic (exact) mass is 373 g/mol. The molecule has 1 aromatic carbocycles. The van der Waals surface area contributed by atoms with Gasteiger partial charge in [-0.3, -0.25) is 4.79 Å². The number of likely N-dealkylation sites (N-methyl/N-ethyl adjacent to an activating group) is 1. The van der Waals surface area contributed by atoms with Crippen molar-refractivity contribution in [1.29, 1.82) is 0 Å². The molecule has 7 heteroatoms. The highest BCUT2D eigenvalue weighted by Gasteiger charge is 2.19. The van der Waals surface area contributed by atoms with Crippen molar-refractivity contribution in [2.75, 3.05) is 37.6 Å². The molecule has 1 amide bonds. The minimum atomic E-state index is -0.190. The van der Waals surface area contributed by atoms with Gasteiger partial charge in [0.15, 0.2) is 0 Å². The molecule has 0 aliphatic carbocycles. The summed E-state index contributed by atoms with van der Waals surface area (Å²) in [5.74, 6) is 0.505. The van der Waals surface area contributed by atoms with Crippen LogP contribution < -0.4 is 10.2 Å². The first-order chi connectivity index (χ1) is 12.6. The number of hydrogen-bond donors (Lipinski definition) is 1. The fraction of sp³-hybridized carbons (Fsp3) is 0.421. The molecular formula is C19H24ClN5O. The zero-order chi connectivity index (χ0) is 18.5. The van der Waals surface area contributed by atoms with Gasteiger partial charge in [-0.1, -0.05) is 36.7 Å². The summed E-state index contributed by atoms with van der Waals surface area (Å²) in [5, 5.41) is 3.53. The van der Waals surface area contributed by atoms with E-state index >= 15 is 0 Å². The van der Waals surface area contributed by atoms with Crippen molar-refractivity contribution in [1.82, 2.24) is 20.2 Å². The number of amides is 1. The third-order valence-electron chi connectivity index (χ3n) is 4.71. The fourth-order valence-electron chi connectivity index (χ4n) is 3.01. The molecule has 0 atom stereocenters. The van der Waals surface area contributed by atoms with Crippen molar-refractivity contribution in [3.63, 3.8) is 0 Å². The summed E-state index contributed by atoms with van der Waals surface area (Å²) >= 11 is 6.13. The van der Waals surface area contributed by atoms with Gasteiger partial charge >= 0.3 is 0 Å². The van der Waals surface area contributed by atoms with Gasteiger partial charge in [-0.05, 0) is 25.1 Å².